The van der Waals surface area contributed by atoms with E-state index in [1.807, 2.05) is 0 Å². The van der Waals surface area contributed by atoms with Gasteiger partial charge in [0, 0.05) is 25.9 Å². The van der Waals surface area contributed by atoms with Crippen molar-refractivity contribution in [3.63, 3.8) is 0 Å². The molecule has 7 heteroatoms. The minimum atomic E-state index is -3.61. The van der Waals surface area contributed by atoms with Gasteiger partial charge in [-0.15, -0.1) is 0 Å². The van der Waals surface area contributed by atoms with Gasteiger partial charge in [0.25, 0.3) is 0 Å². The Morgan fingerprint density at radius 2 is 1.95 bits per heavy atom. The first kappa shape index (κ1) is 14.0. The van der Waals surface area contributed by atoms with E-state index < -0.39 is 15.8 Å². The van der Waals surface area contributed by atoms with E-state index in [0.717, 1.165) is 6.07 Å². The maximum absolute atomic E-state index is 13.0. The number of sulfonamides is 1. The van der Waals surface area contributed by atoms with E-state index in [9.17, 15) is 12.8 Å². The molecular formula is C12H15FN2O3S. The first-order chi connectivity index (χ1) is 8.95. The number of hydrogen-bond acceptors (Lipinski definition) is 4. The second-order valence-corrected chi connectivity index (χ2v) is 6.39. The second kappa shape index (κ2) is 5.26. The number of halogens is 1. The van der Waals surface area contributed by atoms with Crippen LogP contribution in [0.3, 0.4) is 0 Å². The summed E-state index contributed by atoms with van der Waals surface area (Å²) < 4.78 is 39.2. The molecule has 0 amide bonds. The normalized spacial score (nSPS) is 17.5. The van der Waals surface area contributed by atoms with Gasteiger partial charge in [0.05, 0.1) is 10.6 Å². The highest BCUT2D eigenvalue weighted by molar-refractivity contribution is 7.89. The average molecular weight is 286 g/mol. The molecule has 5 nitrogen and oxygen atoms in total. The van der Waals surface area contributed by atoms with Crippen molar-refractivity contribution in [1.82, 2.24) is 4.31 Å². The Labute approximate surface area is 111 Å². The fourth-order valence-electron chi connectivity index (χ4n) is 2.13. The highest BCUT2D eigenvalue weighted by Gasteiger charge is 2.29. The Balaban J connectivity index is 2.28. The molecule has 1 aromatic carbocycles. The van der Waals surface area contributed by atoms with Gasteiger partial charge in [0.1, 0.15) is 5.82 Å². The van der Waals surface area contributed by atoms with Gasteiger partial charge in [-0.25, -0.2) is 12.8 Å². The van der Waals surface area contributed by atoms with Crippen LogP contribution < -0.4 is 0 Å². The Hall–Kier alpha value is -1.47. The Morgan fingerprint density at radius 3 is 2.47 bits per heavy atom. The molecule has 1 aliphatic rings. The van der Waals surface area contributed by atoms with Crippen molar-refractivity contribution in [3.05, 3.63) is 29.6 Å². The standard InChI is InChI=1S/C12H15FN2O3S/c1-9-8-10(13)2-3-12(9)19(17,18)15-6-4-11(14-16)5-7-15/h2-3,8,16H,4-7H2,1H3. The van der Waals surface area contributed by atoms with Gasteiger partial charge in [0.2, 0.25) is 10.0 Å². The zero-order chi connectivity index (χ0) is 14.0. The van der Waals surface area contributed by atoms with Gasteiger partial charge >= 0.3 is 0 Å². The van der Waals surface area contributed by atoms with E-state index in [1.165, 1.54) is 16.4 Å². The molecule has 1 N–H and O–H groups in total. The van der Waals surface area contributed by atoms with E-state index in [4.69, 9.17) is 5.21 Å². The summed E-state index contributed by atoms with van der Waals surface area (Å²) in [5.74, 6) is -0.454. The minimum absolute atomic E-state index is 0.123. The lowest BCUT2D eigenvalue weighted by Crippen LogP contribution is -2.38. The molecule has 19 heavy (non-hydrogen) atoms. The molecule has 1 aliphatic heterocycles. The summed E-state index contributed by atoms with van der Waals surface area (Å²) in [6.45, 7) is 2.12. The monoisotopic (exact) mass is 286 g/mol. The summed E-state index contributed by atoms with van der Waals surface area (Å²) in [6, 6.07) is 3.64. The van der Waals surface area contributed by atoms with Crippen LogP contribution in [-0.2, 0) is 10.0 Å². The lowest BCUT2D eigenvalue weighted by Gasteiger charge is -2.27. The lowest BCUT2D eigenvalue weighted by molar-refractivity contribution is 0.309. The van der Waals surface area contributed by atoms with E-state index in [0.29, 0.717) is 24.1 Å². The van der Waals surface area contributed by atoms with E-state index in [1.54, 1.807) is 6.92 Å². The molecule has 0 aliphatic carbocycles. The van der Waals surface area contributed by atoms with E-state index in [-0.39, 0.29) is 18.0 Å². The molecule has 0 spiro atoms. The molecule has 2 rings (SSSR count). The highest BCUT2D eigenvalue weighted by Crippen LogP contribution is 2.23. The maximum atomic E-state index is 13.0. The van der Waals surface area contributed by atoms with Crippen LogP contribution in [0.25, 0.3) is 0 Å². The Morgan fingerprint density at radius 1 is 1.32 bits per heavy atom. The van der Waals surface area contributed by atoms with Crippen LogP contribution in [0, 0.1) is 12.7 Å². The predicted molar refractivity (Wildman–Crippen MR) is 68.4 cm³/mol. The number of rotatable bonds is 2. The molecule has 104 valence electrons. The van der Waals surface area contributed by atoms with Crippen molar-refractivity contribution in [2.75, 3.05) is 13.1 Å². The number of piperidine rings is 1. The first-order valence-corrected chi connectivity index (χ1v) is 7.35. The number of oxime groups is 1. The van der Waals surface area contributed by atoms with Crippen molar-refractivity contribution < 1.29 is 18.0 Å². The second-order valence-electron chi connectivity index (χ2n) is 4.48. The number of nitrogens with zero attached hydrogens (tertiary/aromatic N) is 2. The molecule has 0 atom stereocenters. The molecule has 1 saturated heterocycles. The van der Waals surface area contributed by atoms with Gasteiger partial charge < -0.3 is 5.21 Å². The van der Waals surface area contributed by atoms with Crippen molar-refractivity contribution in [2.24, 2.45) is 5.16 Å². The predicted octanol–water partition coefficient (Wildman–Crippen LogP) is 1.75. The third-order valence-corrected chi connectivity index (χ3v) is 5.25. The average Bonchev–Trinajstić information content (AvgIpc) is 2.38. The Bertz CT molecular complexity index is 603. The van der Waals surface area contributed by atoms with Crippen molar-refractivity contribution >= 4 is 15.7 Å². The van der Waals surface area contributed by atoms with Gasteiger partial charge in [-0.3, -0.25) is 0 Å². The molecule has 0 radical (unpaired) electrons. The quantitative estimate of drug-likeness (QED) is 0.665. The summed E-state index contributed by atoms with van der Waals surface area (Å²) in [7, 11) is -3.61. The molecule has 0 unspecified atom stereocenters. The summed E-state index contributed by atoms with van der Waals surface area (Å²) in [4.78, 5) is 0.123. The van der Waals surface area contributed by atoms with Gasteiger partial charge in [-0.1, -0.05) is 5.16 Å². The van der Waals surface area contributed by atoms with Crippen LogP contribution in [-0.4, -0.2) is 36.7 Å². The molecule has 0 saturated carbocycles. The van der Waals surface area contributed by atoms with Crippen LogP contribution in [0.15, 0.2) is 28.3 Å². The zero-order valence-electron chi connectivity index (χ0n) is 10.5. The van der Waals surface area contributed by atoms with Gasteiger partial charge in [0.15, 0.2) is 0 Å². The van der Waals surface area contributed by atoms with Crippen LogP contribution in [0.4, 0.5) is 4.39 Å². The molecule has 0 bridgehead atoms. The smallest absolute Gasteiger partial charge is 0.243 e. The van der Waals surface area contributed by atoms with Crippen molar-refractivity contribution in [1.29, 1.82) is 0 Å². The number of hydrogen-bond donors (Lipinski definition) is 1. The first-order valence-electron chi connectivity index (χ1n) is 5.91. The largest absolute Gasteiger partial charge is 0.411 e. The molecule has 0 aromatic heterocycles. The summed E-state index contributed by atoms with van der Waals surface area (Å²) >= 11 is 0. The molecule has 1 heterocycles. The summed E-state index contributed by atoms with van der Waals surface area (Å²) in [5, 5.41) is 11.8. The van der Waals surface area contributed by atoms with Gasteiger partial charge in [-0.05, 0) is 30.7 Å². The summed E-state index contributed by atoms with van der Waals surface area (Å²) in [6.07, 6.45) is 0.825. The molecule has 1 fully saturated rings. The van der Waals surface area contributed by atoms with E-state index in [2.05, 4.69) is 5.16 Å². The van der Waals surface area contributed by atoms with Crippen LogP contribution in [0.2, 0.25) is 0 Å². The zero-order valence-corrected chi connectivity index (χ0v) is 11.3. The SMILES string of the molecule is Cc1cc(F)ccc1S(=O)(=O)N1CCC(=NO)CC1. The Kier molecular flexibility index (Phi) is 3.86. The van der Waals surface area contributed by atoms with Crippen molar-refractivity contribution in [3.8, 4) is 0 Å². The number of aryl methyl sites for hydroxylation is 1. The van der Waals surface area contributed by atoms with E-state index >= 15 is 0 Å². The van der Waals surface area contributed by atoms with Crippen molar-refractivity contribution in [2.45, 2.75) is 24.7 Å². The lowest BCUT2D eigenvalue weighted by atomic mass is 10.1. The number of benzene rings is 1. The van der Waals surface area contributed by atoms with Crippen LogP contribution >= 0.6 is 0 Å². The highest BCUT2D eigenvalue weighted by atomic mass is 32.2. The topological polar surface area (TPSA) is 70.0 Å². The van der Waals surface area contributed by atoms with Crippen LogP contribution in [0.1, 0.15) is 18.4 Å². The maximum Gasteiger partial charge on any atom is 0.243 e. The third kappa shape index (κ3) is 2.76. The fraction of sp³-hybridized carbons (Fsp3) is 0.417. The third-order valence-electron chi connectivity index (χ3n) is 3.20. The van der Waals surface area contributed by atoms with Crippen LogP contribution in [0.5, 0.6) is 0 Å². The summed E-state index contributed by atoms with van der Waals surface area (Å²) in [5.41, 5.74) is 0.990. The molecule has 1 aromatic rings. The van der Waals surface area contributed by atoms with Gasteiger partial charge in [-0.2, -0.15) is 4.31 Å². The fourth-order valence-corrected chi connectivity index (χ4v) is 3.77. The minimum Gasteiger partial charge on any atom is -0.411 e. The molecular weight excluding hydrogens is 271 g/mol.